The molecule has 0 spiro atoms. The highest BCUT2D eigenvalue weighted by molar-refractivity contribution is 7.80. The Morgan fingerprint density at radius 2 is 1.89 bits per heavy atom. The highest BCUT2D eigenvalue weighted by Gasteiger charge is 2.31. The maximum Gasteiger partial charge on any atom is 0.106 e. The highest BCUT2D eigenvalue weighted by Crippen LogP contribution is 2.30. The first-order valence-electron chi connectivity index (χ1n) is 6.73. The van der Waals surface area contributed by atoms with Gasteiger partial charge in [-0.3, -0.25) is 4.90 Å². The number of hydrogen-bond acceptors (Lipinski definition) is 3. The first-order chi connectivity index (χ1) is 9.15. The van der Waals surface area contributed by atoms with Gasteiger partial charge in [0, 0.05) is 48.5 Å². The number of nitrogens with zero attached hydrogens (tertiary/aromatic N) is 2. The number of rotatable bonds is 3. The molecule has 1 aromatic carbocycles. The highest BCUT2D eigenvalue weighted by atomic mass is 35.5. The normalized spacial score (nSPS) is 20.6. The van der Waals surface area contributed by atoms with Gasteiger partial charge in [-0.2, -0.15) is 0 Å². The summed E-state index contributed by atoms with van der Waals surface area (Å²) >= 11 is 11.2. The fourth-order valence-corrected chi connectivity index (χ4v) is 3.08. The summed E-state index contributed by atoms with van der Waals surface area (Å²) in [7, 11) is 0. The minimum atomic E-state index is 0.441. The molecular formula is C14H18ClN3S. The fraction of sp³-hybridized carbons (Fsp3) is 0.500. The van der Waals surface area contributed by atoms with Gasteiger partial charge in [0.25, 0.3) is 0 Å². The number of thiocarbonyl (C=S) groups is 1. The van der Waals surface area contributed by atoms with E-state index in [9.17, 15) is 0 Å². The van der Waals surface area contributed by atoms with Gasteiger partial charge in [0.2, 0.25) is 0 Å². The van der Waals surface area contributed by atoms with Gasteiger partial charge in [-0.25, -0.2) is 0 Å². The van der Waals surface area contributed by atoms with Crippen LogP contribution in [-0.2, 0) is 0 Å². The third kappa shape index (κ3) is 2.86. The average Bonchev–Trinajstić information content (AvgIpc) is 3.23. The topological polar surface area (TPSA) is 32.5 Å². The molecule has 5 heteroatoms. The molecule has 2 aliphatic rings. The van der Waals surface area contributed by atoms with E-state index in [-0.39, 0.29) is 0 Å². The molecule has 0 radical (unpaired) electrons. The lowest BCUT2D eigenvalue weighted by Crippen LogP contribution is -2.47. The van der Waals surface area contributed by atoms with Crippen molar-refractivity contribution in [1.29, 1.82) is 0 Å². The van der Waals surface area contributed by atoms with E-state index in [1.807, 2.05) is 18.2 Å². The van der Waals surface area contributed by atoms with Crippen LogP contribution in [0.4, 0.5) is 5.69 Å². The van der Waals surface area contributed by atoms with Crippen molar-refractivity contribution in [3.05, 3.63) is 28.8 Å². The third-order valence-corrected chi connectivity index (χ3v) is 4.40. The van der Waals surface area contributed by atoms with E-state index in [0.29, 0.717) is 4.99 Å². The smallest absolute Gasteiger partial charge is 0.106 e. The SMILES string of the molecule is NC(=S)c1ccc(Cl)cc1N1CCN(C2CC2)CC1. The molecule has 1 saturated heterocycles. The summed E-state index contributed by atoms with van der Waals surface area (Å²) in [5.74, 6) is 0. The Morgan fingerprint density at radius 3 is 2.47 bits per heavy atom. The number of benzene rings is 1. The Balaban J connectivity index is 1.78. The van der Waals surface area contributed by atoms with Gasteiger partial charge in [-0.1, -0.05) is 23.8 Å². The van der Waals surface area contributed by atoms with Gasteiger partial charge in [0.1, 0.15) is 4.99 Å². The summed E-state index contributed by atoms with van der Waals surface area (Å²) < 4.78 is 0. The molecule has 0 amide bonds. The largest absolute Gasteiger partial charge is 0.389 e. The number of halogens is 1. The number of nitrogens with two attached hydrogens (primary N) is 1. The second kappa shape index (κ2) is 5.27. The van der Waals surface area contributed by atoms with E-state index in [0.717, 1.165) is 48.5 Å². The third-order valence-electron chi connectivity index (χ3n) is 3.94. The van der Waals surface area contributed by atoms with Crippen LogP contribution < -0.4 is 10.6 Å². The quantitative estimate of drug-likeness (QED) is 0.867. The molecule has 0 unspecified atom stereocenters. The average molecular weight is 296 g/mol. The molecular weight excluding hydrogens is 278 g/mol. The Morgan fingerprint density at radius 1 is 1.21 bits per heavy atom. The molecule has 3 nitrogen and oxygen atoms in total. The summed E-state index contributed by atoms with van der Waals surface area (Å²) in [6, 6.07) is 6.59. The minimum Gasteiger partial charge on any atom is -0.389 e. The molecule has 0 atom stereocenters. The monoisotopic (exact) mass is 295 g/mol. The summed E-state index contributed by atoms with van der Waals surface area (Å²) in [6.45, 7) is 4.28. The number of anilines is 1. The zero-order chi connectivity index (χ0) is 13.4. The van der Waals surface area contributed by atoms with Crippen molar-refractivity contribution >= 4 is 34.5 Å². The molecule has 19 heavy (non-hydrogen) atoms. The van der Waals surface area contributed by atoms with Gasteiger partial charge in [-0.15, -0.1) is 0 Å². The van der Waals surface area contributed by atoms with Crippen LogP contribution in [0.25, 0.3) is 0 Å². The summed E-state index contributed by atoms with van der Waals surface area (Å²) in [5, 5.41) is 0.736. The van der Waals surface area contributed by atoms with E-state index < -0.39 is 0 Å². The van der Waals surface area contributed by atoms with Crippen molar-refractivity contribution in [3.63, 3.8) is 0 Å². The molecule has 1 aromatic rings. The molecule has 1 saturated carbocycles. The van der Waals surface area contributed by atoms with Crippen LogP contribution >= 0.6 is 23.8 Å². The minimum absolute atomic E-state index is 0.441. The zero-order valence-electron chi connectivity index (χ0n) is 10.8. The Bertz CT molecular complexity index is 493. The molecule has 1 aliphatic carbocycles. The van der Waals surface area contributed by atoms with Crippen molar-refractivity contribution in [1.82, 2.24) is 4.90 Å². The number of piperazine rings is 1. The van der Waals surface area contributed by atoms with Crippen molar-refractivity contribution in [2.75, 3.05) is 31.1 Å². The van der Waals surface area contributed by atoms with Crippen LogP contribution in [0.3, 0.4) is 0 Å². The Kier molecular flexibility index (Phi) is 3.65. The molecule has 102 valence electrons. The second-order valence-corrected chi connectivity index (χ2v) is 6.16. The van der Waals surface area contributed by atoms with Gasteiger partial charge >= 0.3 is 0 Å². The molecule has 2 fully saturated rings. The molecule has 2 N–H and O–H groups in total. The van der Waals surface area contributed by atoms with Crippen LogP contribution in [0.15, 0.2) is 18.2 Å². The fourth-order valence-electron chi connectivity index (χ4n) is 2.74. The van der Waals surface area contributed by atoms with Crippen molar-refractivity contribution in [2.24, 2.45) is 5.73 Å². The van der Waals surface area contributed by atoms with Crippen LogP contribution in [0.2, 0.25) is 5.02 Å². The zero-order valence-corrected chi connectivity index (χ0v) is 12.4. The van der Waals surface area contributed by atoms with Crippen molar-refractivity contribution in [3.8, 4) is 0 Å². The van der Waals surface area contributed by atoms with Crippen molar-refractivity contribution in [2.45, 2.75) is 18.9 Å². The van der Waals surface area contributed by atoms with Gasteiger partial charge in [0.05, 0.1) is 0 Å². The summed E-state index contributed by atoms with van der Waals surface area (Å²) in [4.78, 5) is 5.37. The predicted octanol–water partition coefficient (Wildman–Crippen LogP) is 2.26. The van der Waals surface area contributed by atoms with Gasteiger partial charge in [-0.05, 0) is 31.0 Å². The van der Waals surface area contributed by atoms with Crippen LogP contribution in [0.1, 0.15) is 18.4 Å². The van der Waals surface area contributed by atoms with Crippen LogP contribution in [0.5, 0.6) is 0 Å². The summed E-state index contributed by atoms with van der Waals surface area (Å²) in [5.41, 5.74) is 7.82. The van der Waals surface area contributed by atoms with E-state index in [2.05, 4.69) is 9.80 Å². The van der Waals surface area contributed by atoms with E-state index in [1.165, 1.54) is 12.8 Å². The standard InChI is InChI=1S/C14H18ClN3S/c15-10-1-4-12(14(16)19)13(9-10)18-7-5-17(6-8-18)11-2-3-11/h1,4,9,11H,2-3,5-8H2,(H2,16,19). The van der Waals surface area contributed by atoms with Crippen molar-refractivity contribution < 1.29 is 0 Å². The second-order valence-electron chi connectivity index (χ2n) is 5.28. The van der Waals surface area contributed by atoms with Gasteiger partial charge in [0.15, 0.2) is 0 Å². The van der Waals surface area contributed by atoms with Crippen LogP contribution in [-0.4, -0.2) is 42.1 Å². The lowest BCUT2D eigenvalue weighted by molar-refractivity contribution is 0.248. The lowest BCUT2D eigenvalue weighted by Gasteiger charge is -2.37. The molecule has 1 aliphatic heterocycles. The predicted molar refractivity (Wildman–Crippen MR) is 84.1 cm³/mol. The Labute approximate surface area is 124 Å². The first-order valence-corrected chi connectivity index (χ1v) is 7.52. The molecule has 0 bridgehead atoms. The Hall–Kier alpha value is -0.840. The summed E-state index contributed by atoms with van der Waals surface area (Å²) in [6.07, 6.45) is 2.74. The lowest BCUT2D eigenvalue weighted by atomic mass is 10.1. The molecule has 3 rings (SSSR count). The molecule has 1 heterocycles. The number of hydrogen-bond donors (Lipinski definition) is 1. The van der Waals surface area contributed by atoms with E-state index in [1.54, 1.807) is 0 Å². The van der Waals surface area contributed by atoms with Crippen LogP contribution in [0, 0.1) is 0 Å². The first kappa shape index (κ1) is 13.2. The molecule has 0 aromatic heterocycles. The van der Waals surface area contributed by atoms with E-state index >= 15 is 0 Å². The van der Waals surface area contributed by atoms with Gasteiger partial charge < -0.3 is 10.6 Å². The van der Waals surface area contributed by atoms with E-state index in [4.69, 9.17) is 29.6 Å². The maximum atomic E-state index is 6.11. The maximum absolute atomic E-state index is 6.11.